The van der Waals surface area contributed by atoms with Crippen LogP contribution < -0.4 is 9.64 Å². The number of nitrogens with zero attached hydrogens (tertiary/aromatic N) is 4. The van der Waals surface area contributed by atoms with Crippen molar-refractivity contribution in [2.75, 3.05) is 18.5 Å². The Bertz CT molecular complexity index is 346. The van der Waals surface area contributed by atoms with Crippen molar-refractivity contribution < 1.29 is 4.74 Å². The predicted octanol–water partition coefficient (Wildman–Crippen LogP) is 2.16. The second kappa shape index (κ2) is 5.84. The summed E-state index contributed by atoms with van der Waals surface area (Å²) in [6.07, 6.45) is 1.03. The molecule has 0 N–H and O–H groups in total. The second-order valence-corrected chi connectivity index (χ2v) is 4.11. The van der Waals surface area contributed by atoms with E-state index in [1.54, 1.807) is 0 Å². The highest BCUT2D eigenvalue weighted by Crippen LogP contribution is 2.15. The zero-order valence-corrected chi connectivity index (χ0v) is 10.8. The summed E-state index contributed by atoms with van der Waals surface area (Å²) in [5, 5.41) is 0.156. The van der Waals surface area contributed by atoms with Gasteiger partial charge in [-0.1, -0.05) is 6.92 Å². The third-order valence-electron chi connectivity index (χ3n) is 1.82. The summed E-state index contributed by atoms with van der Waals surface area (Å²) in [5.41, 5.74) is 0. The van der Waals surface area contributed by atoms with Gasteiger partial charge in [0.25, 0.3) is 0 Å². The summed E-state index contributed by atoms with van der Waals surface area (Å²) < 4.78 is 5.39. The monoisotopic (exact) mass is 244 g/mol. The Morgan fingerprint density at radius 2 is 2.00 bits per heavy atom. The van der Waals surface area contributed by atoms with E-state index in [4.69, 9.17) is 16.3 Å². The largest absolute Gasteiger partial charge is 0.461 e. The van der Waals surface area contributed by atoms with Crippen molar-refractivity contribution >= 4 is 17.5 Å². The van der Waals surface area contributed by atoms with Crippen molar-refractivity contribution in [3.05, 3.63) is 5.28 Å². The van der Waals surface area contributed by atoms with Gasteiger partial charge in [-0.3, -0.25) is 0 Å². The molecule has 0 aliphatic carbocycles. The van der Waals surface area contributed by atoms with Gasteiger partial charge in [-0.2, -0.15) is 15.0 Å². The first-order valence-electron chi connectivity index (χ1n) is 5.32. The summed E-state index contributed by atoms with van der Waals surface area (Å²) in [6.45, 7) is 6.77. The molecular formula is C10H17ClN4O. The lowest BCUT2D eigenvalue weighted by Crippen LogP contribution is -2.21. The van der Waals surface area contributed by atoms with E-state index >= 15 is 0 Å². The molecule has 0 aromatic carbocycles. The molecule has 0 unspecified atom stereocenters. The van der Waals surface area contributed by atoms with E-state index in [1.807, 2.05) is 25.8 Å². The molecule has 0 spiro atoms. The van der Waals surface area contributed by atoms with E-state index < -0.39 is 0 Å². The van der Waals surface area contributed by atoms with Crippen LogP contribution in [0.1, 0.15) is 27.2 Å². The molecule has 1 rings (SSSR count). The summed E-state index contributed by atoms with van der Waals surface area (Å²) in [5.74, 6) is 0.539. The number of hydrogen-bond acceptors (Lipinski definition) is 5. The molecule has 6 heteroatoms. The smallest absolute Gasteiger partial charge is 0.322 e. The molecule has 0 saturated heterocycles. The second-order valence-electron chi connectivity index (χ2n) is 3.78. The molecule has 0 radical (unpaired) electrons. The van der Waals surface area contributed by atoms with Gasteiger partial charge in [0, 0.05) is 13.6 Å². The molecular weight excluding hydrogens is 228 g/mol. The molecule has 1 heterocycles. The minimum absolute atomic E-state index is 0.0165. The Balaban J connectivity index is 2.89. The van der Waals surface area contributed by atoms with Gasteiger partial charge in [0.2, 0.25) is 11.2 Å². The van der Waals surface area contributed by atoms with Gasteiger partial charge in [-0.15, -0.1) is 0 Å². The Morgan fingerprint density at radius 1 is 1.31 bits per heavy atom. The van der Waals surface area contributed by atoms with Crippen molar-refractivity contribution in [3.8, 4) is 6.01 Å². The number of anilines is 1. The van der Waals surface area contributed by atoms with Crippen molar-refractivity contribution in [1.82, 2.24) is 15.0 Å². The molecule has 0 saturated carbocycles. The van der Waals surface area contributed by atoms with Crippen LogP contribution in [0.2, 0.25) is 5.28 Å². The lowest BCUT2D eigenvalue weighted by Gasteiger charge is -2.16. The van der Waals surface area contributed by atoms with Crippen LogP contribution in [0.3, 0.4) is 0 Å². The summed E-state index contributed by atoms with van der Waals surface area (Å²) in [6, 6.07) is 0.271. The third-order valence-corrected chi connectivity index (χ3v) is 1.99. The van der Waals surface area contributed by atoms with Crippen LogP contribution in [0.4, 0.5) is 5.95 Å². The van der Waals surface area contributed by atoms with Crippen LogP contribution >= 0.6 is 11.6 Å². The third kappa shape index (κ3) is 3.81. The molecule has 0 amide bonds. The molecule has 0 fully saturated rings. The maximum atomic E-state index is 5.81. The van der Waals surface area contributed by atoms with Gasteiger partial charge in [0.15, 0.2) is 0 Å². The lowest BCUT2D eigenvalue weighted by atomic mass is 10.4. The van der Waals surface area contributed by atoms with Gasteiger partial charge in [0.05, 0.1) is 6.10 Å². The normalized spacial score (nSPS) is 10.6. The average Bonchev–Trinajstić information content (AvgIpc) is 2.15. The molecule has 0 atom stereocenters. The van der Waals surface area contributed by atoms with E-state index in [2.05, 4.69) is 21.9 Å². The van der Waals surface area contributed by atoms with Crippen LogP contribution in [0.25, 0.3) is 0 Å². The van der Waals surface area contributed by atoms with Gasteiger partial charge >= 0.3 is 6.01 Å². The van der Waals surface area contributed by atoms with Crippen LogP contribution in [-0.2, 0) is 0 Å². The van der Waals surface area contributed by atoms with Gasteiger partial charge in [0.1, 0.15) is 0 Å². The molecule has 90 valence electrons. The molecule has 1 aromatic heterocycles. The summed E-state index contributed by atoms with van der Waals surface area (Å²) in [4.78, 5) is 14.1. The van der Waals surface area contributed by atoms with E-state index in [1.165, 1.54) is 0 Å². The zero-order valence-electron chi connectivity index (χ0n) is 10.1. The standard InChI is InChI=1S/C10H17ClN4O/c1-5-6-15(4)9-12-8(11)13-10(14-9)16-7(2)3/h7H,5-6H2,1-4H3. The zero-order chi connectivity index (χ0) is 12.1. The first-order chi connectivity index (χ1) is 7.52. The highest BCUT2D eigenvalue weighted by Gasteiger charge is 2.10. The maximum Gasteiger partial charge on any atom is 0.322 e. The number of rotatable bonds is 5. The molecule has 0 aliphatic rings. The molecule has 5 nitrogen and oxygen atoms in total. The van der Waals surface area contributed by atoms with Crippen LogP contribution in [-0.4, -0.2) is 34.6 Å². The minimum Gasteiger partial charge on any atom is -0.461 e. The van der Waals surface area contributed by atoms with E-state index in [0.29, 0.717) is 5.95 Å². The van der Waals surface area contributed by atoms with Gasteiger partial charge in [-0.25, -0.2) is 0 Å². The number of aromatic nitrogens is 3. The van der Waals surface area contributed by atoms with Crippen molar-refractivity contribution in [2.45, 2.75) is 33.3 Å². The fourth-order valence-electron chi connectivity index (χ4n) is 1.19. The van der Waals surface area contributed by atoms with E-state index in [-0.39, 0.29) is 17.4 Å². The molecule has 0 bridgehead atoms. The van der Waals surface area contributed by atoms with E-state index in [0.717, 1.165) is 13.0 Å². The van der Waals surface area contributed by atoms with E-state index in [9.17, 15) is 0 Å². The number of ether oxygens (including phenoxy) is 1. The Kier molecular flexibility index (Phi) is 4.73. The quantitative estimate of drug-likeness (QED) is 0.795. The highest BCUT2D eigenvalue weighted by molar-refractivity contribution is 6.28. The summed E-state index contributed by atoms with van der Waals surface area (Å²) in [7, 11) is 1.91. The van der Waals surface area contributed by atoms with Crippen molar-refractivity contribution in [2.24, 2.45) is 0 Å². The number of hydrogen-bond donors (Lipinski definition) is 0. The first kappa shape index (κ1) is 13.0. The Labute approximate surface area is 101 Å². The summed E-state index contributed by atoms with van der Waals surface area (Å²) >= 11 is 5.81. The molecule has 16 heavy (non-hydrogen) atoms. The Hall–Kier alpha value is -1.10. The molecule has 1 aromatic rings. The minimum atomic E-state index is 0.0165. The average molecular weight is 245 g/mol. The SMILES string of the molecule is CCCN(C)c1nc(Cl)nc(OC(C)C)n1. The van der Waals surface area contributed by atoms with Crippen molar-refractivity contribution in [1.29, 1.82) is 0 Å². The van der Waals surface area contributed by atoms with Crippen LogP contribution in [0.15, 0.2) is 0 Å². The molecule has 0 aliphatic heterocycles. The number of halogens is 1. The van der Waals surface area contributed by atoms with Crippen molar-refractivity contribution in [3.63, 3.8) is 0 Å². The fraction of sp³-hybridized carbons (Fsp3) is 0.700. The Morgan fingerprint density at radius 3 is 2.56 bits per heavy atom. The van der Waals surface area contributed by atoms with Crippen LogP contribution in [0.5, 0.6) is 6.01 Å². The van der Waals surface area contributed by atoms with Crippen LogP contribution in [0, 0.1) is 0 Å². The predicted molar refractivity (Wildman–Crippen MR) is 64.2 cm³/mol. The first-order valence-corrected chi connectivity index (χ1v) is 5.70. The lowest BCUT2D eigenvalue weighted by molar-refractivity contribution is 0.221. The fourth-order valence-corrected chi connectivity index (χ4v) is 1.34. The highest BCUT2D eigenvalue weighted by atomic mass is 35.5. The van der Waals surface area contributed by atoms with Gasteiger partial charge in [-0.05, 0) is 31.9 Å². The topological polar surface area (TPSA) is 51.1 Å². The maximum absolute atomic E-state index is 5.81. The van der Waals surface area contributed by atoms with Gasteiger partial charge < -0.3 is 9.64 Å².